The van der Waals surface area contributed by atoms with Gasteiger partial charge in [-0.1, -0.05) is 17.7 Å². The van der Waals surface area contributed by atoms with E-state index in [9.17, 15) is 0 Å². The van der Waals surface area contributed by atoms with Gasteiger partial charge < -0.3 is 24.8 Å². The number of aliphatic imine (C=N–C) groups is 1. The molecule has 0 aromatic heterocycles. The number of ether oxygens (including phenoxy) is 3. The van der Waals surface area contributed by atoms with Crippen LogP contribution in [0.5, 0.6) is 5.75 Å². The van der Waals surface area contributed by atoms with Crippen molar-refractivity contribution in [1.29, 1.82) is 0 Å². The third-order valence-corrected chi connectivity index (χ3v) is 4.13. The summed E-state index contributed by atoms with van der Waals surface area (Å²) in [5, 5.41) is 7.17. The van der Waals surface area contributed by atoms with Crippen molar-refractivity contribution in [3.63, 3.8) is 0 Å². The molecule has 1 fully saturated rings. The van der Waals surface area contributed by atoms with E-state index < -0.39 is 0 Å². The topological polar surface area (TPSA) is 64.1 Å². The predicted molar refractivity (Wildman–Crippen MR) is 105 cm³/mol. The molecule has 1 aliphatic heterocycles. The molecular weight excluding hydrogens is 354 g/mol. The van der Waals surface area contributed by atoms with Crippen molar-refractivity contribution in [3.05, 3.63) is 29.3 Å². The first-order chi connectivity index (χ1) is 12.8. The van der Waals surface area contributed by atoms with Crippen LogP contribution in [0.2, 0.25) is 5.02 Å². The molecule has 26 heavy (non-hydrogen) atoms. The molecule has 6 nitrogen and oxygen atoms in total. The third kappa shape index (κ3) is 8.74. The summed E-state index contributed by atoms with van der Waals surface area (Å²) < 4.78 is 16.7. The molecule has 0 aliphatic carbocycles. The van der Waals surface area contributed by atoms with Crippen LogP contribution in [0.15, 0.2) is 29.3 Å². The van der Waals surface area contributed by atoms with Gasteiger partial charge in [-0.15, -0.1) is 0 Å². The van der Waals surface area contributed by atoms with Crippen molar-refractivity contribution in [1.82, 2.24) is 10.6 Å². The van der Waals surface area contributed by atoms with Gasteiger partial charge in [0.25, 0.3) is 0 Å². The van der Waals surface area contributed by atoms with E-state index in [1.807, 2.05) is 25.1 Å². The molecule has 0 spiro atoms. The summed E-state index contributed by atoms with van der Waals surface area (Å²) in [5.41, 5.74) is 0. The van der Waals surface area contributed by atoms with Gasteiger partial charge >= 0.3 is 0 Å². The van der Waals surface area contributed by atoms with Crippen molar-refractivity contribution in [2.45, 2.75) is 19.8 Å². The molecule has 1 heterocycles. The average Bonchev–Trinajstić information content (AvgIpc) is 3.15. The first-order valence-electron chi connectivity index (χ1n) is 9.34. The van der Waals surface area contributed by atoms with Crippen LogP contribution in [0.25, 0.3) is 0 Å². The lowest BCUT2D eigenvalue weighted by Gasteiger charge is -2.12. The average molecular weight is 384 g/mol. The highest BCUT2D eigenvalue weighted by molar-refractivity contribution is 6.30. The Morgan fingerprint density at radius 2 is 2.27 bits per heavy atom. The largest absolute Gasteiger partial charge is 0.492 e. The SMILES string of the molecule is CCNC(=NCCCOCC1CCOC1)NCCOc1cccc(Cl)c1. The molecule has 0 radical (unpaired) electrons. The number of guanidine groups is 1. The van der Waals surface area contributed by atoms with Gasteiger partial charge in [0.1, 0.15) is 12.4 Å². The van der Waals surface area contributed by atoms with Crippen molar-refractivity contribution >= 4 is 17.6 Å². The number of nitrogens with zero attached hydrogens (tertiary/aromatic N) is 1. The molecule has 1 aliphatic rings. The van der Waals surface area contributed by atoms with Crippen LogP contribution >= 0.6 is 11.6 Å². The fraction of sp³-hybridized carbons (Fsp3) is 0.632. The second-order valence-electron chi connectivity index (χ2n) is 6.15. The van der Waals surface area contributed by atoms with Gasteiger partial charge in [-0.25, -0.2) is 0 Å². The Hall–Kier alpha value is -1.50. The van der Waals surface area contributed by atoms with Gasteiger partial charge in [0.05, 0.1) is 19.8 Å². The van der Waals surface area contributed by atoms with E-state index in [0.717, 1.165) is 64.1 Å². The minimum absolute atomic E-state index is 0.539. The Kier molecular flexibility index (Phi) is 10.2. The summed E-state index contributed by atoms with van der Waals surface area (Å²) in [6, 6.07) is 7.40. The number of rotatable bonds is 11. The molecule has 146 valence electrons. The Labute approximate surface area is 161 Å². The van der Waals surface area contributed by atoms with E-state index in [4.69, 9.17) is 25.8 Å². The number of benzene rings is 1. The maximum Gasteiger partial charge on any atom is 0.191 e. The summed E-state index contributed by atoms with van der Waals surface area (Å²) in [7, 11) is 0. The minimum Gasteiger partial charge on any atom is -0.492 e. The highest BCUT2D eigenvalue weighted by Gasteiger charge is 2.15. The summed E-state index contributed by atoms with van der Waals surface area (Å²) in [4.78, 5) is 4.55. The van der Waals surface area contributed by atoms with Gasteiger partial charge in [0, 0.05) is 37.2 Å². The van der Waals surface area contributed by atoms with E-state index in [-0.39, 0.29) is 0 Å². The Morgan fingerprint density at radius 3 is 3.04 bits per heavy atom. The first kappa shape index (κ1) is 20.8. The van der Waals surface area contributed by atoms with E-state index in [2.05, 4.69) is 15.6 Å². The van der Waals surface area contributed by atoms with Crippen molar-refractivity contribution in [2.24, 2.45) is 10.9 Å². The smallest absolute Gasteiger partial charge is 0.191 e. The second kappa shape index (κ2) is 12.8. The fourth-order valence-electron chi connectivity index (χ4n) is 2.56. The number of nitrogens with one attached hydrogen (secondary N) is 2. The van der Waals surface area contributed by atoms with Gasteiger partial charge in [-0.3, -0.25) is 4.99 Å². The van der Waals surface area contributed by atoms with Crippen LogP contribution in [-0.2, 0) is 9.47 Å². The molecular formula is C19H30ClN3O3. The van der Waals surface area contributed by atoms with Gasteiger partial charge in [-0.05, 0) is 38.0 Å². The maximum atomic E-state index is 5.94. The van der Waals surface area contributed by atoms with Crippen molar-refractivity contribution in [2.75, 3.05) is 52.7 Å². The molecule has 7 heteroatoms. The quantitative estimate of drug-likeness (QED) is 0.349. The first-order valence-corrected chi connectivity index (χ1v) is 9.71. The molecule has 0 saturated carbocycles. The van der Waals surface area contributed by atoms with Gasteiger partial charge in [0.15, 0.2) is 5.96 Å². The molecule has 1 aromatic carbocycles. The van der Waals surface area contributed by atoms with Crippen LogP contribution in [0, 0.1) is 5.92 Å². The zero-order valence-corrected chi connectivity index (χ0v) is 16.3. The molecule has 1 aromatic rings. The predicted octanol–water partition coefficient (Wildman–Crippen LogP) is 2.72. The lowest BCUT2D eigenvalue weighted by molar-refractivity contribution is 0.0893. The lowest BCUT2D eigenvalue weighted by atomic mass is 10.1. The van der Waals surface area contributed by atoms with Crippen LogP contribution in [0.3, 0.4) is 0 Å². The zero-order valence-electron chi connectivity index (χ0n) is 15.5. The standard InChI is InChI=1S/C19H30ClN3O3/c1-2-21-19(22-8-4-10-24-14-16-7-11-25-15-16)23-9-12-26-18-6-3-5-17(20)13-18/h3,5-6,13,16H,2,4,7-12,14-15H2,1H3,(H2,21,22,23). The molecule has 2 rings (SSSR count). The second-order valence-corrected chi connectivity index (χ2v) is 6.59. The minimum atomic E-state index is 0.539. The van der Waals surface area contributed by atoms with Crippen LogP contribution in [0.1, 0.15) is 19.8 Å². The lowest BCUT2D eigenvalue weighted by Crippen LogP contribution is -2.39. The fourth-order valence-corrected chi connectivity index (χ4v) is 2.74. The molecule has 0 amide bonds. The molecule has 1 unspecified atom stereocenters. The van der Waals surface area contributed by atoms with Crippen LogP contribution < -0.4 is 15.4 Å². The summed E-state index contributed by atoms with van der Waals surface area (Å²) in [6.07, 6.45) is 2.02. The summed E-state index contributed by atoms with van der Waals surface area (Å²) in [6.45, 7) is 8.03. The van der Waals surface area contributed by atoms with Crippen LogP contribution in [-0.4, -0.2) is 58.6 Å². The van der Waals surface area contributed by atoms with E-state index in [1.165, 1.54) is 0 Å². The highest BCUT2D eigenvalue weighted by Crippen LogP contribution is 2.16. The monoisotopic (exact) mass is 383 g/mol. The van der Waals surface area contributed by atoms with Gasteiger partial charge in [-0.2, -0.15) is 0 Å². The Morgan fingerprint density at radius 1 is 1.35 bits per heavy atom. The summed E-state index contributed by atoms with van der Waals surface area (Å²) in [5.74, 6) is 2.13. The Balaban J connectivity index is 1.56. The van der Waals surface area contributed by atoms with Crippen molar-refractivity contribution < 1.29 is 14.2 Å². The van der Waals surface area contributed by atoms with Crippen LogP contribution in [0.4, 0.5) is 0 Å². The number of halogens is 1. The summed E-state index contributed by atoms with van der Waals surface area (Å²) >= 11 is 5.94. The number of hydrogen-bond donors (Lipinski definition) is 2. The molecule has 1 saturated heterocycles. The van der Waals surface area contributed by atoms with Crippen molar-refractivity contribution in [3.8, 4) is 5.75 Å². The normalized spacial score (nSPS) is 17.3. The van der Waals surface area contributed by atoms with E-state index in [1.54, 1.807) is 6.07 Å². The third-order valence-electron chi connectivity index (χ3n) is 3.90. The molecule has 0 bridgehead atoms. The molecule has 1 atom stereocenters. The number of hydrogen-bond acceptors (Lipinski definition) is 4. The molecule has 2 N–H and O–H groups in total. The highest BCUT2D eigenvalue weighted by atomic mass is 35.5. The Bertz CT molecular complexity index is 537. The zero-order chi connectivity index (χ0) is 18.5. The van der Waals surface area contributed by atoms with E-state index >= 15 is 0 Å². The van der Waals surface area contributed by atoms with E-state index in [0.29, 0.717) is 24.1 Å². The maximum absolute atomic E-state index is 5.94. The van der Waals surface area contributed by atoms with Gasteiger partial charge in [0.2, 0.25) is 0 Å².